The van der Waals surface area contributed by atoms with Gasteiger partial charge in [-0.25, -0.2) is 0 Å². The zero-order valence-electron chi connectivity index (χ0n) is 9.85. The molecule has 0 aliphatic heterocycles. The molecule has 2 rings (SSSR count). The molecule has 0 radical (unpaired) electrons. The highest BCUT2D eigenvalue weighted by atomic mass is 15.3. The lowest BCUT2D eigenvalue weighted by atomic mass is 10.1. The third-order valence-electron chi connectivity index (χ3n) is 2.44. The van der Waals surface area contributed by atoms with Crippen molar-refractivity contribution in [3.8, 4) is 11.8 Å². The highest BCUT2D eigenvalue weighted by Gasteiger charge is 2.01. The maximum absolute atomic E-state index is 5.39. The van der Waals surface area contributed by atoms with Crippen molar-refractivity contribution in [3.05, 3.63) is 53.3 Å². The van der Waals surface area contributed by atoms with Gasteiger partial charge in [0.05, 0.1) is 19.3 Å². The topological polar surface area (TPSA) is 43.8 Å². The summed E-state index contributed by atoms with van der Waals surface area (Å²) in [5.74, 6) is 5.97. The van der Waals surface area contributed by atoms with E-state index in [1.807, 2.05) is 42.2 Å². The third-order valence-corrected chi connectivity index (χ3v) is 2.44. The molecule has 0 bridgehead atoms. The number of nitrogens with zero attached hydrogens (tertiary/aromatic N) is 2. The minimum atomic E-state index is 0.384. The summed E-state index contributed by atoms with van der Waals surface area (Å²) in [7, 11) is 0. The minimum absolute atomic E-state index is 0.384. The molecule has 1 heterocycles. The Hall–Kier alpha value is -2.05. The lowest BCUT2D eigenvalue weighted by Crippen LogP contribution is -2.02. The van der Waals surface area contributed by atoms with Crippen LogP contribution in [0.2, 0.25) is 0 Å². The average molecular weight is 225 g/mol. The molecule has 86 valence electrons. The van der Waals surface area contributed by atoms with Crippen molar-refractivity contribution in [2.45, 2.75) is 13.5 Å². The van der Waals surface area contributed by atoms with Gasteiger partial charge in [-0.2, -0.15) is 5.10 Å². The Labute approximate surface area is 101 Å². The molecule has 0 spiro atoms. The molecule has 0 atom stereocenters. The Balaban J connectivity index is 2.26. The Morgan fingerprint density at radius 1 is 1.35 bits per heavy atom. The molecule has 17 heavy (non-hydrogen) atoms. The summed E-state index contributed by atoms with van der Waals surface area (Å²) in [6.07, 6.45) is 3.88. The molecule has 3 heteroatoms. The zero-order chi connectivity index (χ0) is 12.1. The Kier molecular flexibility index (Phi) is 3.59. The standard InChI is InChI=1S/C14H15N3/c1-12-9-16-17(10-12)11-14-6-3-2-5-13(14)7-4-8-15/h2-3,5-6,9-10H,8,11,15H2,1H3. The van der Waals surface area contributed by atoms with Gasteiger partial charge < -0.3 is 5.73 Å². The van der Waals surface area contributed by atoms with E-state index in [0.717, 1.165) is 23.2 Å². The normalized spacial score (nSPS) is 9.76. The molecule has 0 amide bonds. The van der Waals surface area contributed by atoms with Gasteiger partial charge in [-0.05, 0) is 24.1 Å². The molecule has 3 nitrogen and oxygen atoms in total. The van der Waals surface area contributed by atoms with Crippen LogP contribution >= 0.6 is 0 Å². The van der Waals surface area contributed by atoms with E-state index in [2.05, 4.69) is 23.0 Å². The van der Waals surface area contributed by atoms with Crippen LogP contribution in [-0.2, 0) is 6.54 Å². The molecule has 0 saturated carbocycles. The Bertz CT molecular complexity index is 558. The fraction of sp³-hybridized carbons (Fsp3) is 0.214. The highest BCUT2D eigenvalue weighted by molar-refractivity contribution is 5.41. The van der Waals surface area contributed by atoms with Crippen molar-refractivity contribution >= 4 is 0 Å². The van der Waals surface area contributed by atoms with Crippen molar-refractivity contribution in [1.82, 2.24) is 9.78 Å². The molecule has 2 N–H and O–H groups in total. The van der Waals surface area contributed by atoms with Crippen LogP contribution < -0.4 is 5.73 Å². The molecule has 1 aromatic heterocycles. The Morgan fingerprint density at radius 3 is 2.88 bits per heavy atom. The summed E-state index contributed by atoms with van der Waals surface area (Å²) in [6, 6.07) is 8.07. The Morgan fingerprint density at radius 2 is 2.18 bits per heavy atom. The van der Waals surface area contributed by atoms with E-state index in [0.29, 0.717) is 6.54 Å². The summed E-state index contributed by atoms with van der Waals surface area (Å²) < 4.78 is 1.91. The number of aromatic nitrogens is 2. The number of hydrogen-bond donors (Lipinski definition) is 1. The number of nitrogens with two attached hydrogens (primary N) is 1. The molecule has 2 aromatic rings. The number of rotatable bonds is 2. The third kappa shape index (κ3) is 2.96. The van der Waals surface area contributed by atoms with Gasteiger partial charge in [0, 0.05) is 11.8 Å². The lowest BCUT2D eigenvalue weighted by molar-refractivity contribution is 0.685. The van der Waals surface area contributed by atoms with E-state index >= 15 is 0 Å². The smallest absolute Gasteiger partial charge is 0.0671 e. The van der Waals surface area contributed by atoms with Crippen molar-refractivity contribution in [3.63, 3.8) is 0 Å². The minimum Gasteiger partial charge on any atom is -0.320 e. The summed E-state index contributed by atoms with van der Waals surface area (Å²) in [5, 5.41) is 4.28. The molecule has 0 unspecified atom stereocenters. The first kappa shape index (κ1) is 11.4. The first-order valence-electron chi connectivity index (χ1n) is 5.55. The van der Waals surface area contributed by atoms with Crippen LogP contribution in [0.25, 0.3) is 0 Å². The van der Waals surface area contributed by atoms with Crippen molar-refractivity contribution in [2.75, 3.05) is 6.54 Å². The maximum atomic E-state index is 5.39. The molecule has 0 aliphatic rings. The van der Waals surface area contributed by atoms with E-state index in [-0.39, 0.29) is 0 Å². The van der Waals surface area contributed by atoms with Crippen molar-refractivity contribution in [1.29, 1.82) is 0 Å². The van der Waals surface area contributed by atoms with Crippen LogP contribution in [0, 0.1) is 18.8 Å². The number of hydrogen-bond acceptors (Lipinski definition) is 2. The van der Waals surface area contributed by atoms with Crippen LogP contribution in [0.5, 0.6) is 0 Å². The van der Waals surface area contributed by atoms with Crippen molar-refractivity contribution in [2.24, 2.45) is 5.73 Å². The van der Waals surface area contributed by atoms with E-state index in [9.17, 15) is 0 Å². The lowest BCUT2D eigenvalue weighted by Gasteiger charge is -2.04. The molecule has 0 aliphatic carbocycles. The van der Waals surface area contributed by atoms with Crippen LogP contribution in [0.1, 0.15) is 16.7 Å². The van der Waals surface area contributed by atoms with Gasteiger partial charge in [0.2, 0.25) is 0 Å². The monoisotopic (exact) mass is 225 g/mol. The van der Waals surface area contributed by atoms with Crippen LogP contribution in [-0.4, -0.2) is 16.3 Å². The molecule has 0 fully saturated rings. The largest absolute Gasteiger partial charge is 0.320 e. The molecule has 1 aromatic carbocycles. The fourth-order valence-electron chi connectivity index (χ4n) is 1.65. The van der Waals surface area contributed by atoms with Crippen molar-refractivity contribution < 1.29 is 0 Å². The van der Waals surface area contributed by atoms with E-state index in [1.165, 1.54) is 0 Å². The van der Waals surface area contributed by atoms with E-state index < -0.39 is 0 Å². The predicted octanol–water partition coefficient (Wildman–Crippen LogP) is 1.55. The molecule has 0 saturated heterocycles. The van der Waals surface area contributed by atoms with Gasteiger partial charge in [-0.1, -0.05) is 30.0 Å². The van der Waals surface area contributed by atoms with Gasteiger partial charge in [-0.3, -0.25) is 4.68 Å². The number of aryl methyl sites for hydroxylation is 1. The first-order valence-corrected chi connectivity index (χ1v) is 5.55. The van der Waals surface area contributed by atoms with Gasteiger partial charge >= 0.3 is 0 Å². The average Bonchev–Trinajstić information content (AvgIpc) is 2.74. The molecular weight excluding hydrogens is 210 g/mol. The maximum Gasteiger partial charge on any atom is 0.0671 e. The zero-order valence-corrected chi connectivity index (χ0v) is 9.85. The van der Waals surface area contributed by atoms with Gasteiger partial charge in [-0.15, -0.1) is 0 Å². The van der Waals surface area contributed by atoms with Crippen LogP contribution in [0.3, 0.4) is 0 Å². The second-order valence-electron chi connectivity index (χ2n) is 3.88. The summed E-state index contributed by atoms with van der Waals surface area (Å²) in [6.45, 7) is 3.15. The van der Waals surface area contributed by atoms with E-state index in [4.69, 9.17) is 5.73 Å². The second-order valence-corrected chi connectivity index (χ2v) is 3.88. The summed E-state index contributed by atoms with van der Waals surface area (Å²) >= 11 is 0. The van der Waals surface area contributed by atoms with Gasteiger partial charge in [0.25, 0.3) is 0 Å². The van der Waals surface area contributed by atoms with Crippen LogP contribution in [0.4, 0.5) is 0 Å². The SMILES string of the molecule is Cc1cnn(Cc2ccccc2C#CCN)c1. The van der Waals surface area contributed by atoms with E-state index in [1.54, 1.807) is 0 Å². The number of benzene rings is 1. The first-order chi connectivity index (χ1) is 8.29. The van der Waals surface area contributed by atoms with Gasteiger partial charge in [0.15, 0.2) is 0 Å². The predicted molar refractivity (Wildman–Crippen MR) is 68.4 cm³/mol. The summed E-state index contributed by atoms with van der Waals surface area (Å²) in [5.41, 5.74) is 8.74. The second kappa shape index (κ2) is 5.33. The van der Waals surface area contributed by atoms with Crippen LogP contribution in [0.15, 0.2) is 36.7 Å². The van der Waals surface area contributed by atoms with Gasteiger partial charge in [0.1, 0.15) is 0 Å². The quantitative estimate of drug-likeness (QED) is 0.788. The fourth-order valence-corrected chi connectivity index (χ4v) is 1.65. The summed E-state index contributed by atoms with van der Waals surface area (Å²) in [4.78, 5) is 0. The molecular formula is C14H15N3. The highest BCUT2D eigenvalue weighted by Crippen LogP contribution is 2.09.